The van der Waals surface area contributed by atoms with Crippen LogP contribution in [-0.2, 0) is 0 Å². The van der Waals surface area contributed by atoms with Crippen LogP contribution in [0.4, 0.5) is 0 Å². The molecule has 4 heteroatoms. The van der Waals surface area contributed by atoms with Gasteiger partial charge in [-0.1, -0.05) is 237 Å². The van der Waals surface area contributed by atoms with Gasteiger partial charge in [0, 0.05) is 60.4 Å². The third-order valence-electron chi connectivity index (χ3n) is 14.7. The van der Waals surface area contributed by atoms with Crippen LogP contribution in [0.1, 0.15) is 0 Å². The van der Waals surface area contributed by atoms with Crippen molar-refractivity contribution in [1.82, 2.24) is 15.0 Å². The molecule has 0 aliphatic carbocycles. The van der Waals surface area contributed by atoms with E-state index in [1.54, 1.807) is 0 Å². The Balaban J connectivity index is 0.00000623. The summed E-state index contributed by atoms with van der Waals surface area (Å²) in [6.07, 6.45) is 6.08. The number of nitrogens with zero attached hydrogens (tertiary/aromatic N) is 3. The van der Waals surface area contributed by atoms with Crippen molar-refractivity contribution in [3.63, 3.8) is 0 Å². The first-order valence-corrected chi connectivity index (χ1v) is 26.5. The van der Waals surface area contributed by atoms with Crippen LogP contribution in [0.5, 0.6) is 0 Å². The highest BCUT2D eigenvalue weighted by molar-refractivity contribution is 5.97. The molecule has 13 rings (SSSR count). The molecule has 0 atom stereocenters. The molecule has 10 aromatic carbocycles. The van der Waals surface area contributed by atoms with E-state index in [1.807, 2.05) is 36.8 Å². The van der Waals surface area contributed by atoms with E-state index in [1.165, 1.54) is 0 Å². The molecule has 0 spiro atoms. The first-order chi connectivity index (χ1) is 38.6. The van der Waals surface area contributed by atoms with Crippen LogP contribution in [0.25, 0.3) is 134 Å². The SMILES string of the molecule is [B].c1ccc(-c2ccc(-c3cc(-c4ccc(-c5ccccc5)cc4-c4ccc(-c5ccccc5)nc4)cc(-c4ccc(-c5ccccc5)cc4-c4ccc(-c5ccccc5)nc4)c3)c(-c3ccc(-c4ccccc4)nc3)c2)cc1. The van der Waals surface area contributed by atoms with E-state index >= 15 is 0 Å². The molecule has 0 N–H and O–H groups in total. The number of benzene rings is 10. The third kappa shape index (κ3) is 10.5. The van der Waals surface area contributed by atoms with Crippen molar-refractivity contribution in [3.05, 3.63) is 310 Å². The number of pyridine rings is 3. The minimum absolute atomic E-state index is 0. The van der Waals surface area contributed by atoms with E-state index in [0.717, 1.165) is 134 Å². The van der Waals surface area contributed by atoms with Crippen molar-refractivity contribution in [3.8, 4) is 134 Å². The van der Waals surface area contributed by atoms with Crippen LogP contribution in [0, 0.1) is 0 Å². The van der Waals surface area contributed by atoms with E-state index < -0.39 is 0 Å². The van der Waals surface area contributed by atoms with Gasteiger partial charge in [-0.15, -0.1) is 0 Å². The molecule has 3 aromatic heterocycles. The zero-order chi connectivity index (χ0) is 52.0. The van der Waals surface area contributed by atoms with Gasteiger partial charge in [-0.3, -0.25) is 15.0 Å². The van der Waals surface area contributed by atoms with Crippen molar-refractivity contribution in [2.24, 2.45) is 0 Å². The van der Waals surface area contributed by atoms with Gasteiger partial charge in [0.1, 0.15) is 0 Å². The van der Waals surface area contributed by atoms with E-state index in [-0.39, 0.29) is 8.41 Å². The molecule has 0 unspecified atom stereocenters. The second kappa shape index (κ2) is 22.5. The minimum Gasteiger partial charge on any atom is -0.256 e. The van der Waals surface area contributed by atoms with Gasteiger partial charge in [0.25, 0.3) is 0 Å². The van der Waals surface area contributed by atoms with Crippen LogP contribution in [-0.4, -0.2) is 23.4 Å². The summed E-state index contributed by atoms with van der Waals surface area (Å²) in [5, 5.41) is 0. The van der Waals surface area contributed by atoms with Gasteiger partial charge >= 0.3 is 0 Å². The Labute approximate surface area is 464 Å². The molecule has 3 nitrogen and oxygen atoms in total. The highest BCUT2D eigenvalue weighted by atomic mass is 14.7. The summed E-state index contributed by atoms with van der Waals surface area (Å²) in [7, 11) is 0. The Hall–Kier alpha value is -10.3. The molecular weight excluding hydrogens is 954 g/mol. The van der Waals surface area contributed by atoms with Gasteiger partial charge in [-0.05, 0) is 138 Å². The lowest BCUT2D eigenvalue weighted by Gasteiger charge is -2.20. The molecule has 369 valence electrons. The molecule has 13 aromatic rings. The summed E-state index contributed by atoms with van der Waals surface area (Å²) in [5.74, 6) is 0. The average molecular weight is 1010 g/mol. The fourth-order valence-electron chi connectivity index (χ4n) is 10.6. The normalized spacial score (nSPS) is 10.9. The number of hydrogen-bond donors (Lipinski definition) is 0. The van der Waals surface area contributed by atoms with Gasteiger partial charge in [0.15, 0.2) is 0 Å². The van der Waals surface area contributed by atoms with Crippen LogP contribution >= 0.6 is 0 Å². The summed E-state index contributed by atoms with van der Waals surface area (Å²) in [4.78, 5) is 15.3. The number of aromatic nitrogens is 3. The smallest absolute Gasteiger partial charge is 0.0702 e. The lowest BCUT2D eigenvalue weighted by molar-refractivity contribution is 1.32. The van der Waals surface area contributed by atoms with Crippen molar-refractivity contribution < 1.29 is 0 Å². The van der Waals surface area contributed by atoms with Crippen molar-refractivity contribution in [2.45, 2.75) is 0 Å². The quantitative estimate of drug-likeness (QED) is 0.115. The highest BCUT2D eigenvalue weighted by Gasteiger charge is 2.20. The van der Waals surface area contributed by atoms with Crippen LogP contribution in [0.2, 0.25) is 0 Å². The predicted molar refractivity (Wildman–Crippen MR) is 331 cm³/mol. The van der Waals surface area contributed by atoms with Gasteiger partial charge < -0.3 is 0 Å². The molecule has 0 amide bonds. The monoisotopic (exact) mass is 1000 g/mol. The maximum atomic E-state index is 5.09. The molecule has 79 heavy (non-hydrogen) atoms. The lowest BCUT2D eigenvalue weighted by Crippen LogP contribution is -1.95. The highest BCUT2D eigenvalue weighted by Crippen LogP contribution is 2.45. The molecule has 0 fully saturated rings. The van der Waals surface area contributed by atoms with Gasteiger partial charge in [-0.25, -0.2) is 0 Å². The molecule has 3 radical (unpaired) electrons. The Kier molecular flexibility index (Phi) is 14.1. The molecule has 0 aliphatic rings. The molecule has 0 saturated carbocycles. The Morgan fingerprint density at radius 2 is 0.380 bits per heavy atom. The number of rotatable bonds is 12. The summed E-state index contributed by atoms with van der Waals surface area (Å²) < 4.78 is 0. The molecule has 0 bridgehead atoms. The van der Waals surface area contributed by atoms with Gasteiger partial charge in [0.2, 0.25) is 0 Å². The summed E-state index contributed by atoms with van der Waals surface area (Å²) in [5.41, 5.74) is 25.8. The second-order valence-electron chi connectivity index (χ2n) is 19.6. The summed E-state index contributed by atoms with van der Waals surface area (Å²) >= 11 is 0. The fraction of sp³-hybridized carbons (Fsp3) is 0. The fourth-order valence-corrected chi connectivity index (χ4v) is 10.6. The second-order valence-corrected chi connectivity index (χ2v) is 19.6. The largest absolute Gasteiger partial charge is 0.256 e. The van der Waals surface area contributed by atoms with Crippen molar-refractivity contribution in [2.75, 3.05) is 0 Å². The van der Waals surface area contributed by atoms with Crippen molar-refractivity contribution >= 4 is 8.41 Å². The summed E-state index contributed by atoms with van der Waals surface area (Å²) in [6.45, 7) is 0. The predicted octanol–water partition coefficient (Wildman–Crippen LogP) is 19.5. The van der Waals surface area contributed by atoms with Gasteiger partial charge in [0.05, 0.1) is 17.1 Å². The maximum Gasteiger partial charge on any atom is 0.0702 e. The average Bonchev–Trinajstić information content (AvgIpc) is 3.61. The lowest BCUT2D eigenvalue weighted by atomic mass is 9.84. The number of hydrogen-bond acceptors (Lipinski definition) is 3. The van der Waals surface area contributed by atoms with E-state index in [4.69, 9.17) is 15.0 Å². The first-order valence-electron chi connectivity index (χ1n) is 26.5. The van der Waals surface area contributed by atoms with E-state index in [0.29, 0.717) is 0 Å². The van der Waals surface area contributed by atoms with Crippen LogP contribution in [0.3, 0.4) is 0 Å². The third-order valence-corrected chi connectivity index (χ3v) is 14.7. The maximum absolute atomic E-state index is 5.09. The zero-order valence-corrected chi connectivity index (χ0v) is 43.4. The Morgan fingerprint density at radius 3 is 0.608 bits per heavy atom. The van der Waals surface area contributed by atoms with E-state index in [2.05, 4.69) is 273 Å². The van der Waals surface area contributed by atoms with E-state index in [9.17, 15) is 0 Å². The van der Waals surface area contributed by atoms with Crippen LogP contribution < -0.4 is 0 Å². The standard InChI is InChI=1S/C75H51N3.B/c1-7-19-52(20-8-1)58-31-37-67(70(46-58)61-34-40-73(76-49-61)55-25-13-4-14-26-55)64-43-65(68-38-32-59(53-21-9-2-10-22-53)47-71(68)62-35-41-74(77-50-62)56-27-15-5-16-28-56)45-66(44-64)69-39-33-60(54-23-11-3-12-24-54)48-72(69)63-36-42-75(78-51-63)57-29-17-6-18-30-57;/h1-51H;. The molecular formula is C75H51BN3. The van der Waals surface area contributed by atoms with Crippen molar-refractivity contribution in [1.29, 1.82) is 0 Å². The molecule has 0 saturated heterocycles. The molecule has 3 heterocycles. The molecule has 0 aliphatic heterocycles. The Bertz CT molecular complexity index is 3720. The summed E-state index contributed by atoms with van der Waals surface area (Å²) in [6, 6.07) is 104. The van der Waals surface area contributed by atoms with Crippen LogP contribution in [0.15, 0.2) is 310 Å². The van der Waals surface area contributed by atoms with Gasteiger partial charge in [-0.2, -0.15) is 0 Å². The first kappa shape index (κ1) is 49.6. The minimum atomic E-state index is 0. The zero-order valence-electron chi connectivity index (χ0n) is 43.4. The topological polar surface area (TPSA) is 38.7 Å². The Morgan fingerprint density at radius 1 is 0.152 bits per heavy atom.